The van der Waals surface area contributed by atoms with Gasteiger partial charge in [-0.3, -0.25) is 18.7 Å². The highest BCUT2D eigenvalue weighted by molar-refractivity contribution is 6.05. The van der Waals surface area contributed by atoms with E-state index in [1.54, 1.807) is 4.68 Å². The van der Waals surface area contributed by atoms with Crippen molar-refractivity contribution in [1.82, 2.24) is 23.9 Å². The molecule has 3 aromatic heterocycles. The Hall–Kier alpha value is -4.01. The van der Waals surface area contributed by atoms with Crippen molar-refractivity contribution in [1.29, 1.82) is 0 Å². The molecule has 1 aromatic carbocycles. The van der Waals surface area contributed by atoms with Crippen LogP contribution >= 0.6 is 0 Å². The largest absolute Gasteiger partial charge is 0.332 e. The molecular formula is C24H26N6O3. The number of carbonyl (C=O) groups excluding carboxylic acids is 1. The molecule has 0 aliphatic carbocycles. The first-order valence-electron chi connectivity index (χ1n) is 10.5. The highest BCUT2D eigenvalue weighted by atomic mass is 16.2. The smallest absolute Gasteiger partial charge is 0.306 e. The first-order chi connectivity index (χ1) is 15.5. The molecular weight excluding hydrogens is 420 g/mol. The fourth-order valence-corrected chi connectivity index (χ4v) is 3.60. The second-order valence-corrected chi connectivity index (χ2v) is 9.12. The number of hydrogen-bond donors (Lipinski definition) is 1. The number of fused-ring (bicyclic) bond motifs is 1. The van der Waals surface area contributed by atoms with Crippen LogP contribution < -0.4 is 16.6 Å². The standard InChI is InChI=1S/C24H26N6O3/c1-14-9-7-8-10-17(14)30-19(12-18(27-30)24(2,3)4)26-21(31)15-11-16-20(25-13-15)28(5)23(33)29(6)22(16)32/h7-13H,1-6H3,(H,26,31). The van der Waals surface area contributed by atoms with Crippen molar-refractivity contribution < 1.29 is 4.79 Å². The number of para-hydroxylation sites is 1. The van der Waals surface area contributed by atoms with E-state index in [1.165, 1.54) is 30.9 Å². The van der Waals surface area contributed by atoms with Crippen LogP contribution in [0.5, 0.6) is 0 Å². The quantitative estimate of drug-likeness (QED) is 0.521. The number of amides is 1. The fourth-order valence-electron chi connectivity index (χ4n) is 3.60. The van der Waals surface area contributed by atoms with Crippen LogP contribution in [0.1, 0.15) is 42.4 Å². The summed E-state index contributed by atoms with van der Waals surface area (Å²) in [6.45, 7) is 8.13. The summed E-state index contributed by atoms with van der Waals surface area (Å²) in [7, 11) is 2.93. The number of pyridine rings is 1. The Morgan fingerprint density at radius 1 is 1.03 bits per heavy atom. The van der Waals surface area contributed by atoms with Crippen molar-refractivity contribution in [2.45, 2.75) is 33.1 Å². The van der Waals surface area contributed by atoms with E-state index in [0.29, 0.717) is 5.82 Å². The van der Waals surface area contributed by atoms with Gasteiger partial charge in [0.15, 0.2) is 0 Å². The summed E-state index contributed by atoms with van der Waals surface area (Å²) < 4.78 is 3.99. The monoisotopic (exact) mass is 446 g/mol. The molecule has 0 radical (unpaired) electrons. The Morgan fingerprint density at radius 2 is 1.73 bits per heavy atom. The lowest BCUT2D eigenvalue weighted by atomic mass is 9.92. The van der Waals surface area contributed by atoms with Crippen LogP contribution in [0.4, 0.5) is 5.82 Å². The summed E-state index contributed by atoms with van der Waals surface area (Å²) in [6.07, 6.45) is 1.36. The van der Waals surface area contributed by atoms with E-state index in [9.17, 15) is 14.4 Å². The van der Waals surface area contributed by atoms with Gasteiger partial charge in [-0.05, 0) is 24.6 Å². The summed E-state index contributed by atoms with van der Waals surface area (Å²) in [4.78, 5) is 42.1. The molecule has 0 fully saturated rings. The molecule has 3 heterocycles. The third-order valence-electron chi connectivity index (χ3n) is 5.62. The third-order valence-corrected chi connectivity index (χ3v) is 5.62. The molecule has 9 nitrogen and oxygen atoms in total. The van der Waals surface area contributed by atoms with Crippen LogP contribution in [0.15, 0.2) is 52.2 Å². The van der Waals surface area contributed by atoms with Crippen molar-refractivity contribution in [2.75, 3.05) is 5.32 Å². The van der Waals surface area contributed by atoms with E-state index in [4.69, 9.17) is 5.10 Å². The van der Waals surface area contributed by atoms with Gasteiger partial charge in [-0.15, -0.1) is 0 Å². The van der Waals surface area contributed by atoms with Gasteiger partial charge in [0.2, 0.25) is 0 Å². The average Bonchev–Trinajstić information content (AvgIpc) is 3.20. The van der Waals surface area contributed by atoms with Crippen molar-refractivity contribution in [2.24, 2.45) is 14.1 Å². The van der Waals surface area contributed by atoms with Gasteiger partial charge in [-0.1, -0.05) is 39.0 Å². The number of nitrogens with zero attached hydrogens (tertiary/aromatic N) is 5. The van der Waals surface area contributed by atoms with E-state index >= 15 is 0 Å². The molecule has 9 heteroatoms. The van der Waals surface area contributed by atoms with Crippen molar-refractivity contribution in [3.8, 4) is 5.69 Å². The van der Waals surface area contributed by atoms with Gasteiger partial charge in [0.05, 0.1) is 22.3 Å². The van der Waals surface area contributed by atoms with Gasteiger partial charge in [-0.2, -0.15) is 5.10 Å². The minimum absolute atomic E-state index is 0.190. The maximum atomic E-state index is 13.2. The van der Waals surface area contributed by atoms with Crippen LogP contribution in [-0.2, 0) is 19.5 Å². The number of benzene rings is 1. The summed E-state index contributed by atoms with van der Waals surface area (Å²) in [5.74, 6) is 0.0724. The lowest BCUT2D eigenvalue weighted by Crippen LogP contribution is -2.37. The Balaban J connectivity index is 1.80. The minimum Gasteiger partial charge on any atom is -0.306 e. The van der Waals surface area contributed by atoms with Gasteiger partial charge in [0.25, 0.3) is 11.5 Å². The lowest BCUT2D eigenvalue weighted by molar-refractivity contribution is 0.102. The number of aryl methyl sites for hydroxylation is 2. The number of hydrogen-bond acceptors (Lipinski definition) is 5. The molecule has 4 aromatic rings. The normalized spacial score (nSPS) is 11.7. The number of rotatable bonds is 3. The Labute approximate surface area is 190 Å². The summed E-state index contributed by atoms with van der Waals surface area (Å²) in [6, 6.07) is 11.1. The van der Waals surface area contributed by atoms with E-state index in [0.717, 1.165) is 21.5 Å². The Kier molecular flexibility index (Phi) is 5.27. The number of anilines is 1. The van der Waals surface area contributed by atoms with Crippen LogP contribution in [0.3, 0.4) is 0 Å². The second kappa shape index (κ2) is 7.84. The first-order valence-corrected chi connectivity index (χ1v) is 10.5. The van der Waals surface area contributed by atoms with Crippen molar-refractivity contribution in [3.63, 3.8) is 0 Å². The predicted octanol–water partition coefficient (Wildman–Crippen LogP) is 2.68. The van der Waals surface area contributed by atoms with E-state index in [-0.39, 0.29) is 22.0 Å². The third kappa shape index (κ3) is 3.86. The Morgan fingerprint density at radius 3 is 2.39 bits per heavy atom. The fraction of sp³-hybridized carbons (Fsp3) is 0.292. The first kappa shape index (κ1) is 22.2. The number of carbonyl (C=O) groups is 1. The summed E-state index contributed by atoms with van der Waals surface area (Å²) >= 11 is 0. The van der Waals surface area contributed by atoms with Crippen LogP contribution in [0.2, 0.25) is 0 Å². The molecule has 0 saturated carbocycles. The van der Waals surface area contributed by atoms with E-state index in [2.05, 4.69) is 31.1 Å². The molecule has 0 bridgehead atoms. The van der Waals surface area contributed by atoms with Gasteiger partial charge >= 0.3 is 5.69 Å². The van der Waals surface area contributed by atoms with E-state index in [1.807, 2.05) is 37.3 Å². The molecule has 0 saturated heterocycles. The maximum absolute atomic E-state index is 13.2. The van der Waals surface area contributed by atoms with Crippen LogP contribution in [-0.4, -0.2) is 29.8 Å². The molecule has 0 aliphatic heterocycles. The minimum atomic E-state index is -0.504. The molecule has 1 amide bonds. The second-order valence-electron chi connectivity index (χ2n) is 9.12. The zero-order valence-electron chi connectivity index (χ0n) is 19.5. The molecule has 170 valence electrons. The zero-order chi connectivity index (χ0) is 24.1. The van der Waals surface area contributed by atoms with Crippen LogP contribution in [0, 0.1) is 6.92 Å². The predicted molar refractivity (Wildman–Crippen MR) is 127 cm³/mol. The van der Waals surface area contributed by atoms with Crippen LogP contribution in [0.25, 0.3) is 16.7 Å². The molecule has 0 atom stereocenters. The summed E-state index contributed by atoms with van der Waals surface area (Å²) in [5, 5.41) is 7.85. The molecule has 0 spiro atoms. The van der Waals surface area contributed by atoms with E-state index < -0.39 is 17.2 Å². The topological polar surface area (TPSA) is 104 Å². The lowest BCUT2D eigenvalue weighted by Gasteiger charge is -2.14. The summed E-state index contributed by atoms with van der Waals surface area (Å²) in [5.41, 5.74) is 1.89. The van der Waals surface area contributed by atoms with Gasteiger partial charge in [0.1, 0.15) is 11.5 Å². The molecule has 1 N–H and O–H groups in total. The number of nitrogens with one attached hydrogen (secondary N) is 1. The number of aromatic nitrogens is 5. The van der Waals surface area contributed by atoms with Gasteiger partial charge < -0.3 is 5.32 Å². The molecule has 4 rings (SSSR count). The van der Waals surface area contributed by atoms with Crippen molar-refractivity contribution >= 4 is 22.8 Å². The molecule has 33 heavy (non-hydrogen) atoms. The highest BCUT2D eigenvalue weighted by Crippen LogP contribution is 2.27. The SMILES string of the molecule is Cc1ccccc1-n1nc(C(C)(C)C)cc1NC(=O)c1cnc2c(c1)c(=O)n(C)c(=O)n2C. The van der Waals surface area contributed by atoms with Crippen molar-refractivity contribution in [3.05, 3.63) is 80.3 Å². The Bertz CT molecular complexity index is 1520. The molecule has 0 unspecified atom stereocenters. The zero-order valence-corrected chi connectivity index (χ0v) is 19.5. The molecule has 0 aliphatic rings. The maximum Gasteiger partial charge on any atom is 0.332 e. The average molecular weight is 447 g/mol. The van der Waals surface area contributed by atoms with Gasteiger partial charge in [0, 0.05) is 31.8 Å². The van der Waals surface area contributed by atoms with Gasteiger partial charge in [-0.25, -0.2) is 14.5 Å². The highest BCUT2D eigenvalue weighted by Gasteiger charge is 2.23.